The monoisotopic (exact) mass is 362 g/mol. The predicted octanol–water partition coefficient (Wildman–Crippen LogP) is 2.42. The normalized spacial score (nSPS) is 12.2. The van der Waals surface area contributed by atoms with Crippen LogP contribution in [0.15, 0.2) is 17.3 Å². The van der Waals surface area contributed by atoms with Gasteiger partial charge in [0.05, 0.1) is 11.4 Å². The Bertz CT molecular complexity index is 805. The summed E-state index contributed by atoms with van der Waals surface area (Å²) in [7, 11) is 0. The molecular weight excluding hydrogens is 344 g/mol. The van der Waals surface area contributed by atoms with E-state index in [-0.39, 0.29) is 24.2 Å². The molecule has 1 aliphatic heterocycles. The maximum absolute atomic E-state index is 12.2. The number of carbonyl (C=O) groups excluding carboxylic acids is 2. The molecule has 2 heterocycles. The number of Topliss-reactive ketones (excluding diaryl/α,β-unsaturated/α-hetero) is 1. The molecule has 0 radical (unpaired) electrons. The first-order chi connectivity index (χ1) is 12.1. The molecule has 2 N–H and O–H groups in total. The number of ether oxygens (including phenoxy) is 2. The molecule has 0 saturated carbocycles. The summed E-state index contributed by atoms with van der Waals surface area (Å²) in [5.74, 6) is 1.52. The molecule has 3 rings (SSSR count). The van der Waals surface area contributed by atoms with Crippen molar-refractivity contribution in [1.82, 2.24) is 15.2 Å². The number of hydrogen-bond acceptors (Lipinski definition) is 7. The number of amides is 1. The first-order valence-electron chi connectivity index (χ1n) is 7.85. The summed E-state index contributed by atoms with van der Waals surface area (Å²) in [6.45, 7) is 3.59. The van der Waals surface area contributed by atoms with Gasteiger partial charge in [-0.3, -0.25) is 14.7 Å². The Morgan fingerprint density at radius 3 is 2.80 bits per heavy atom. The average molecular weight is 362 g/mol. The van der Waals surface area contributed by atoms with Crippen molar-refractivity contribution in [3.8, 4) is 11.5 Å². The van der Waals surface area contributed by atoms with Gasteiger partial charge in [-0.2, -0.15) is 0 Å². The predicted molar refractivity (Wildman–Crippen MR) is 92.3 cm³/mol. The standard InChI is InChI=1S/C16H18N4O4S/c1-3-4-14-18-16(20-19-14)25-7-15(22)17-11-6-13-12(23-8-24-13)5-10(11)9(2)21/h5-6H,3-4,7-8H2,1-2H3,(H,17,22)(H,18,19,20). The SMILES string of the molecule is CCCc1nc(SCC(=O)Nc2cc3c(cc2C(C)=O)OCO3)n[nH]1. The summed E-state index contributed by atoms with van der Waals surface area (Å²) >= 11 is 1.23. The number of carbonyl (C=O) groups is 2. The Balaban J connectivity index is 1.65. The molecule has 25 heavy (non-hydrogen) atoms. The topological polar surface area (TPSA) is 106 Å². The zero-order valence-corrected chi connectivity index (χ0v) is 14.7. The number of fused-ring (bicyclic) bond motifs is 1. The molecule has 0 atom stereocenters. The second-order valence-corrected chi connectivity index (χ2v) is 6.40. The van der Waals surface area contributed by atoms with Crippen LogP contribution in [0.3, 0.4) is 0 Å². The number of ketones is 1. The quantitative estimate of drug-likeness (QED) is 0.575. The highest BCUT2D eigenvalue weighted by atomic mass is 32.2. The first-order valence-corrected chi connectivity index (χ1v) is 8.84. The number of H-pyrrole nitrogens is 1. The Morgan fingerprint density at radius 1 is 1.32 bits per heavy atom. The van der Waals surface area contributed by atoms with Crippen LogP contribution in [-0.4, -0.2) is 39.4 Å². The smallest absolute Gasteiger partial charge is 0.234 e. The number of aromatic amines is 1. The fourth-order valence-corrected chi connectivity index (χ4v) is 2.96. The van der Waals surface area contributed by atoms with E-state index in [1.807, 2.05) is 0 Å². The minimum atomic E-state index is -0.256. The number of nitrogens with one attached hydrogen (secondary N) is 2. The van der Waals surface area contributed by atoms with Gasteiger partial charge in [-0.05, 0) is 19.4 Å². The number of rotatable bonds is 7. The molecule has 9 heteroatoms. The molecule has 1 aliphatic rings. The second kappa shape index (κ2) is 7.56. The van der Waals surface area contributed by atoms with Crippen LogP contribution in [-0.2, 0) is 11.2 Å². The molecule has 0 spiro atoms. The summed E-state index contributed by atoms with van der Waals surface area (Å²) in [5.41, 5.74) is 0.787. The fraction of sp³-hybridized carbons (Fsp3) is 0.375. The summed E-state index contributed by atoms with van der Waals surface area (Å²) in [5, 5.41) is 10.2. The van der Waals surface area contributed by atoms with Gasteiger partial charge in [-0.15, -0.1) is 5.10 Å². The molecule has 0 bridgehead atoms. The van der Waals surface area contributed by atoms with Crippen LogP contribution in [0.5, 0.6) is 11.5 Å². The Kier molecular flexibility index (Phi) is 5.22. The van der Waals surface area contributed by atoms with Crippen molar-refractivity contribution in [2.75, 3.05) is 17.9 Å². The van der Waals surface area contributed by atoms with Crippen LogP contribution >= 0.6 is 11.8 Å². The van der Waals surface area contributed by atoms with Crippen molar-refractivity contribution in [2.24, 2.45) is 0 Å². The van der Waals surface area contributed by atoms with Crippen LogP contribution in [0, 0.1) is 0 Å². The molecule has 2 aromatic rings. The molecule has 0 aliphatic carbocycles. The number of nitrogens with zero attached hydrogens (tertiary/aromatic N) is 2. The van der Waals surface area contributed by atoms with Gasteiger partial charge in [0, 0.05) is 18.1 Å². The molecule has 8 nitrogen and oxygen atoms in total. The second-order valence-electron chi connectivity index (χ2n) is 5.46. The summed E-state index contributed by atoms with van der Waals surface area (Å²) in [6, 6.07) is 3.19. The number of aromatic nitrogens is 3. The third-order valence-corrected chi connectivity index (χ3v) is 4.34. The Labute approximate surface area is 148 Å². The number of anilines is 1. The van der Waals surface area contributed by atoms with Crippen molar-refractivity contribution in [1.29, 1.82) is 0 Å². The van der Waals surface area contributed by atoms with Gasteiger partial charge in [-0.1, -0.05) is 18.7 Å². The lowest BCUT2D eigenvalue weighted by Gasteiger charge is -2.10. The lowest BCUT2D eigenvalue weighted by molar-refractivity contribution is -0.113. The zero-order valence-electron chi connectivity index (χ0n) is 13.9. The molecule has 1 aromatic carbocycles. The highest BCUT2D eigenvalue weighted by Gasteiger charge is 2.20. The lowest BCUT2D eigenvalue weighted by Crippen LogP contribution is -2.16. The van der Waals surface area contributed by atoms with E-state index < -0.39 is 0 Å². The number of hydrogen-bond donors (Lipinski definition) is 2. The van der Waals surface area contributed by atoms with Crippen molar-refractivity contribution in [2.45, 2.75) is 31.8 Å². The average Bonchev–Trinajstić information content (AvgIpc) is 3.21. The highest BCUT2D eigenvalue weighted by Crippen LogP contribution is 2.37. The molecule has 132 valence electrons. The maximum atomic E-state index is 12.2. The van der Waals surface area contributed by atoms with Gasteiger partial charge in [-0.25, -0.2) is 4.98 Å². The van der Waals surface area contributed by atoms with Crippen molar-refractivity contribution in [3.63, 3.8) is 0 Å². The number of benzene rings is 1. The summed E-state index contributed by atoms with van der Waals surface area (Å²) in [4.78, 5) is 28.3. The molecule has 0 saturated heterocycles. The summed E-state index contributed by atoms with van der Waals surface area (Å²) < 4.78 is 10.6. The summed E-state index contributed by atoms with van der Waals surface area (Å²) in [6.07, 6.45) is 1.79. The van der Waals surface area contributed by atoms with Crippen LogP contribution < -0.4 is 14.8 Å². The molecule has 1 aromatic heterocycles. The number of thioether (sulfide) groups is 1. The molecule has 1 amide bonds. The fourth-order valence-electron chi connectivity index (χ4n) is 2.34. The van der Waals surface area contributed by atoms with E-state index in [0.29, 0.717) is 27.9 Å². The van der Waals surface area contributed by atoms with E-state index in [2.05, 4.69) is 27.4 Å². The Morgan fingerprint density at radius 2 is 2.08 bits per heavy atom. The minimum Gasteiger partial charge on any atom is -0.454 e. The lowest BCUT2D eigenvalue weighted by atomic mass is 10.1. The zero-order chi connectivity index (χ0) is 17.8. The molecule has 0 fully saturated rings. The van der Waals surface area contributed by atoms with Crippen LogP contribution in [0.1, 0.15) is 36.5 Å². The van der Waals surface area contributed by atoms with E-state index >= 15 is 0 Å². The minimum absolute atomic E-state index is 0.102. The third-order valence-electron chi connectivity index (χ3n) is 3.50. The first kappa shape index (κ1) is 17.3. The molecular formula is C16H18N4O4S. The van der Waals surface area contributed by atoms with Crippen LogP contribution in [0.4, 0.5) is 5.69 Å². The van der Waals surface area contributed by atoms with Gasteiger partial charge in [0.1, 0.15) is 5.82 Å². The van der Waals surface area contributed by atoms with Gasteiger partial charge in [0.2, 0.25) is 17.9 Å². The van der Waals surface area contributed by atoms with Gasteiger partial charge in [0.15, 0.2) is 17.3 Å². The molecule has 0 unspecified atom stereocenters. The van der Waals surface area contributed by atoms with Crippen molar-refractivity contribution >= 4 is 29.1 Å². The van der Waals surface area contributed by atoms with E-state index in [4.69, 9.17) is 9.47 Å². The van der Waals surface area contributed by atoms with E-state index in [1.54, 1.807) is 12.1 Å². The van der Waals surface area contributed by atoms with Crippen LogP contribution in [0.25, 0.3) is 0 Å². The Hall–Kier alpha value is -2.55. The van der Waals surface area contributed by atoms with Crippen molar-refractivity contribution < 1.29 is 19.1 Å². The van der Waals surface area contributed by atoms with Crippen molar-refractivity contribution in [3.05, 3.63) is 23.5 Å². The van der Waals surface area contributed by atoms with E-state index in [1.165, 1.54) is 18.7 Å². The maximum Gasteiger partial charge on any atom is 0.234 e. The third kappa shape index (κ3) is 4.11. The highest BCUT2D eigenvalue weighted by molar-refractivity contribution is 7.99. The van der Waals surface area contributed by atoms with E-state index in [9.17, 15) is 9.59 Å². The van der Waals surface area contributed by atoms with Crippen LogP contribution in [0.2, 0.25) is 0 Å². The van der Waals surface area contributed by atoms with Gasteiger partial charge >= 0.3 is 0 Å². The van der Waals surface area contributed by atoms with Gasteiger partial charge < -0.3 is 14.8 Å². The van der Waals surface area contributed by atoms with E-state index in [0.717, 1.165) is 18.7 Å². The largest absolute Gasteiger partial charge is 0.454 e. The van der Waals surface area contributed by atoms with Gasteiger partial charge in [0.25, 0.3) is 0 Å². The number of aryl methyl sites for hydroxylation is 1.